The average molecular weight is 267 g/mol. The summed E-state index contributed by atoms with van der Waals surface area (Å²) in [6.45, 7) is 7.83. The fourth-order valence-corrected chi connectivity index (χ4v) is 3.13. The molecular formula is C14H25N3S. The maximum absolute atomic E-state index is 4.31. The topological polar surface area (TPSA) is 37.8 Å². The predicted molar refractivity (Wildman–Crippen MR) is 79.0 cm³/mol. The first-order valence-corrected chi connectivity index (χ1v) is 7.85. The van der Waals surface area contributed by atoms with Crippen molar-refractivity contribution < 1.29 is 0 Å². The van der Waals surface area contributed by atoms with Crippen LogP contribution in [0.25, 0.3) is 0 Å². The van der Waals surface area contributed by atoms with Gasteiger partial charge in [-0.2, -0.15) is 0 Å². The van der Waals surface area contributed by atoms with E-state index in [-0.39, 0.29) is 0 Å². The summed E-state index contributed by atoms with van der Waals surface area (Å²) in [6.07, 6.45) is 8.25. The minimum Gasteiger partial charge on any atom is -0.313 e. The van der Waals surface area contributed by atoms with Crippen LogP contribution in [-0.4, -0.2) is 27.8 Å². The molecule has 0 aromatic carbocycles. The van der Waals surface area contributed by atoms with Gasteiger partial charge in [-0.25, -0.2) is 9.97 Å². The molecule has 18 heavy (non-hydrogen) atoms. The molecule has 0 saturated carbocycles. The number of nitrogens with zero attached hydrogens (tertiary/aromatic N) is 2. The lowest BCUT2D eigenvalue weighted by Crippen LogP contribution is -2.38. The molecule has 1 rings (SSSR count). The van der Waals surface area contributed by atoms with Crippen LogP contribution in [0.5, 0.6) is 0 Å². The monoisotopic (exact) mass is 267 g/mol. The summed E-state index contributed by atoms with van der Waals surface area (Å²) in [6, 6.07) is 2.58. The highest BCUT2D eigenvalue weighted by Gasteiger charge is 2.20. The van der Waals surface area contributed by atoms with Crippen LogP contribution in [0.2, 0.25) is 0 Å². The van der Waals surface area contributed by atoms with Crippen molar-refractivity contribution in [3.8, 4) is 0 Å². The highest BCUT2D eigenvalue weighted by molar-refractivity contribution is 7.99. The van der Waals surface area contributed by atoms with Gasteiger partial charge >= 0.3 is 0 Å². The standard InChI is InChI=1S/C14H25N3S/c1-4-7-12(16-9-5-2)13(6-3)18-14-8-10-15-11-17-14/h8,10-13,16H,4-7,9H2,1-3H3. The lowest BCUT2D eigenvalue weighted by Gasteiger charge is -2.26. The van der Waals surface area contributed by atoms with E-state index in [0.717, 1.165) is 18.0 Å². The zero-order valence-corrected chi connectivity index (χ0v) is 12.5. The number of rotatable bonds is 9. The van der Waals surface area contributed by atoms with Crippen LogP contribution in [0.3, 0.4) is 0 Å². The van der Waals surface area contributed by atoms with Crippen molar-refractivity contribution in [2.45, 2.75) is 62.8 Å². The van der Waals surface area contributed by atoms with Crippen molar-refractivity contribution in [1.82, 2.24) is 15.3 Å². The van der Waals surface area contributed by atoms with Gasteiger partial charge in [0.2, 0.25) is 0 Å². The van der Waals surface area contributed by atoms with E-state index >= 15 is 0 Å². The van der Waals surface area contributed by atoms with Gasteiger partial charge in [-0.05, 0) is 31.9 Å². The SMILES string of the molecule is CCCNC(CCC)C(CC)Sc1ccncn1. The summed E-state index contributed by atoms with van der Waals surface area (Å²) < 4.78 is 0. The molecule has 0 saturated heterocycles. The van der Waals surface area contributed by atoms with Gasteiger partial charge in [0, 0.05) is 17.5 Å². The first kappa shape index (κ1) is 15.4. The van der Waals surface area contributed by atoms with Gasteiger partial charge in [0.15, 0.2) is 0 Å². The molecule has 2 unspecified atom stereocenters. The van der Waals surface area contributed by atoms with Gasteiger partial charge < -0.3 is 5.32 Å². The first-order valence-electron chi connectivity index (χ1n) is 6.97. The molecule has 0 radical (unpaired) electrons. The van der Waals surface area contributed by atoms with E-state index in [1.807, 2.05) is 24.0 Å². The normalized spacial score (nSPS) is 14.4. The van der Waals surface area contributed by atoms with Crippen molar-refractivity contribution in [3.63, 3.8) is 0 Å². The van der Waals surface area contributed by atoms with Gasteiger partial charge in [-0.15, -0.1) is 11.8 Å². The Morgan fingerprint density at radius 1 is 1.28 bits per heavy atom. The van der Waals surface area contributed by atoms with Crippen molar-refractivity contribution >= 4 is 11.8 Å². The van der Waals surface area contributed by atoms with E-state index in [9.17, 15) is 0 Å². The smallest absolute Gasteiger partial charge is 0.116 e. The molecule has 0 aliphatic heterocycles. The minimum atomic E-state index is 0.583. The predicted octanol–water partition coefficient (Wildman–Crippen LogP) is 3.52. The van der Waals surface area contributed by atoms with Crippen LogP contribution in [0.15, 0.2) is 23.6 Å². The molecule has 1 heterocycles. The van der Waals surface area contributed by atoms with Crippen LogP contribution in [-0.2, 0) is 0 Å². The summed E-state index contributed by atoms with van der Waals surface area (Å²) in [7, 11) is 0. The third-order valence-electron chi connectivity index (χ3n) is 2.93. The Kier molecular flexibility index (Phi) is 8.01. The van der Waals surface area contributed by atoms with Crippen LogP contribution >= 0.6 is 11.8 Å². The zero-order valence-electron chi connectivity index (χ0n) is 11.7. The highest BCUT2D eigenvalue weighted by Crippen LogP contribution is 2.27. The maximum atomic E-state index is 4.31. The summed E-state index contributed by atoms with van der Waals surface area (Å²) in [5, 5.41) is 5.35. The molecule has 1 aromatic rings. The largest absolute Gasteiger partial charge is 0.313 e. The van der Waals surface area contributed by atoms with Crippen molar-refractivity contribution in [2.24, 2.45) is 0 Å². The van der Waals surface area contributed by atoms with E-state index in [2.05, 4.69) is 36.1 Å². The third-order valence-corrected chi connectivity index (χ3v) is 4.38. The molecular weight excluding hydrogens is 242 g/mol. The Morgan fingerprint density at radius 2 is 2.11 bits per heavy atom. The van der Waals surface area contributed by atoms with E-state index in [4.69, 9.17) is 0 Å². The fourth-order valence-electron chi connectivity index (χ4n) is 2.01. The lowest BCUT2D eigenvalue weighted by molar-refractivity contribution is 0.454. The molecule has 3 nitrogen and oxygen atoms in total. The molecule has 0 bridgehead atoms. The van der Waals surface area contributed by atoms with Gasteiger partial charge in [-0.3, -0.25) is 0 Å². The molecule has 0 aliphatic carbocycles. The molecule has 0 fully saturated rings. The second kappa shape index (κ2) is 9.34. The number of thioether (sulfide) groups is 1. The van der Waals surface area contributed by atoms with Crippen molar-refractivity contribution in [2.75, 3.05) is 6.54 Å². The Balaban J connectivity index is 2.60. The summed E-state index contributed by atoms with van der Waals surface area (Å²) in [4.78, 5) is 8.28. The second-order valence-electron chi connectivity index (χ2n) is 4.46. The van der Waals surface area contributed by atoms with Crippen molar-refractivity contribution in [1.29, 1.82) is 0 Å². The van der Waals surface area contributed by atoms with Crippen LogP contribution in [0, 0.1) is 0 Å². The van der Waals surface area contributed by atoms with E-state index in [1.165, 1.54) is 19.3 Å². The van der Waals surface area contributed by atoms with Gasteiger partial charge in [0.1, 0.15) is 6.33 Å². The summed E-state index contributed by atoms with van der Waals surface area (Å²) >= 11 is 1.87. The molecule has 4 heteroatoms. The highest BCUT2D eigenvalue weighted by atomic mass is 32.2. The Hall–Kier alpha value is -0.610. The summed E-state index contributed by atoms with van der Waals surface area (Å²) in [5.74, 6) is 0. The second-order valence-corrected chi connectivity index (χ2v) is 5.72. The van der Waals surface area contributed by atoms with Gasteiger partial charge in [-0.1, -0.05) is 27.2 Å². The third kappa shape index (κ3) is 5.36. The lowest BCUT2D eigenvalue weighted by atomic mass is 10.1. The van der Waals surface area contributed by atoms with E-state index in [1.54, 1.807) is 6.33 Å². The zero-order chi connectivity index (χ0) is 13.2. The van der Waals surface area contributed by atoms with E-state index < -0.39 is 0 Å². The fraction of sp³-hybridized carbons (Fsp3) is 0.714. The van der Waals surface area contributed by atoms with Gasteiger partial charge in [0.05, 0.1) is 5.03 Å². The quantitative estimate of drug-likeness (QED) is 0.549. The Labute approximate surface area is 115 Å². The Morgan fingerprint density at radius 3 is 2.67 bits per heavy atom. The van der Waals surface area contributed by atoms with Gasteiger partial charge in [0.25, 0.3) is 0 Å². The number of aromatic nitrogens is 2. The molecule has 2 atom stereocenters. The van der Waals surface area contributed by atoms with E-state index in [0.29, 0.717) is 11.3 Å². The Bertz CT molecular complexity index is 305. The minimum absolute atomic E-state index is 0.583. The van der Waals surface area contributed by atoms with Crippen LogP contribution in [0.1, 0.15) is 46.5 Å². The summed E-state index contributed by atoms with van der Waals surface area (Å²) in [5.41, 5.74) is 0. The average Bonchev–Trinajstić information content (AvgIpc) is 2.42. The molecule has 1 N–H and O–H groups in total. The molecule has 102 valence electrons. The number of hydrogen-bond acceptors (Lipinski definition) is 4. The van der Waals surface area contributed by atoms with Crippen LogP contribution < -0.4 is 5.32 Å². The molecule has 0 spiro atoms. The molecule has 0 aliphatic rings. The first-order chi connectivity index (χ1) is 8.81. The van der Waals surface area contributed by atoms with Crippen molar-refractivity contribution in [3.05, 3.63) is 18.6 Å². The molecule has 0 amide bonds. The number of hydrogen-bond donors (Lipinski definition) is 1. The molecule has 1 aromatic heterocycles. The maximum Gasteiger partial charge on any atom is 0.116 e. The van der Waals surface area contributed by atoms with Crippen LogP contribution in [0.4, 0.5) is 0 Å². The number of nitrogens with one attached hydrogen (secondary N) is 1.